The Morgan fingerprint density at radius 3 is 2.70 bits per heavy atom. The van der Waals surface area contributed by atoms with E-state index >= 15 is 0 Å². The van der Waals surface area contributed by atoms with E-state index in [1.165, 1.54) is 12.3 Å². The summed E-state index contributed by atoms with van der Waals surface area (Å²) < 4.78 is 32.4. The molecule has 1 aromatic heterocycles. The van der Waals surface area contributed by atoms with Gasteiger partial charge < -0.3 is 4.74 Å². The predicted octanol–water partition coefficient (Wildman–Crippen LogP) is 2.59. The van der Waals surface area contributed by atoms with Gasteiger partial charge in [0.15, 0.2) is 0 Å². The van der Waals surface area contributed by atoms with Crippen LogP contribution in [-0.2, 0) is 10.0 Å². The SMILES string of the molecule is CCOc1ccc(S(=O)(=O)Nc2cccnc2)cc1C. The lowest BCUT2D eigenvalue weighted by atomic mass is 10.2. The van der Waals surface area contributed by atoms with E-state index < -0.39 is 10.0 Å². The second kappa shape index (κ2) is 5.92. The largest absolute Gasteiger partial charge is 0.494 e. The molecule has 0 spiro atoms. The lowest BCUT2D eigenvalue weighted by molar-refractivity contribution is 0.337. The highest BCUT2D eigenvalue weighted by Crippen LogP contribution is 2.23. The molecule has 1 N–H and O–H groups in total. The van der Waals surface area contributed by atoms with Crippen molar-refractivity contribution < 1.29 is 13.2 Å². The fourth-order valence-corrected chi connectivity index (χ4v) is 2.87. The normalized spacial score (nSPS) is 11.1. The Balaban J connectivity index is 2.28. The lowest BCUT2D eigenvalue weighted by Gasteiger charge is -2.11. The van der Waals surface area contributed by atoms with Crippen LogP contribution < -0.4 is 9.46 Å². The van der Waals surface area contributed by atoms with Gasteiger partial charge in [-0.15, -0.1) is 0 Å². The molecule has 5 nitrogen and oxygen atoms in total. The van der Waals surface area contributed by atoms with Gasteiger partial charge in [-0.3, -0.25) is 9.71 Å². The van der Waals surface area contributed by atoms with Crippen molar-refractivity contribution in [3.8, 4) is 5.75 Å². The van der Waals surface area contributed by atoms with Crippen molar-refractivity contribution >= 4 is 15.7 Å². The maximum absolute atomic E-state index is 12.2. The van der Waals surface area contributed by atoms with Gasteiger partial charge in [0.1, 0.15) is 5.75 Å². The molecule has 0 unspecified atom stereocenters. The maximum Gasteiger partial charge on any atom is 0.261 e. The molecule has 20 heavy (non-hydrogen) atoms. The Hall–Kier alpha value is -2.08. The highest BCUT2D eigenvalue weighted by molar-refractivity contribution is 7.92. The third kappa shape index (κ3) is 3.27. The van der Waals surface area contributed by atoms with Gasteiger partial charge in [-0.1, -0.05) is 0 Å². The van der Waals surface area contributed by atoms with Gasteiger partial charge >= 0.3 is 0 Å². The molecule has 0 aliphatic carbocycles. The van der Waals surface area contributed by atoms with E-state index in [1.54, 1.807) is 30.5 Å². The molecule has 2 aromatic rings. The van der Waals surface area contributed by atoms with Crippen LogP contribution in [-0.4, -0.2) is 20.0 Å². The molecule has 0 aliphatic rings. The molecule has 106 valence electrons. The van der Waals surface area contributed by atoms with Crippen LogP contribution in [0.15, 0.2) is 47.6 Å². The van der Waals surface area contributed by atoms with Crippen LogP contribution >= 0.6 is 0 Å². The van der Waals surface area contributed by atoms with Crippen LogP contribution in [0.5, 0.6) is 5.75 Å². The lowest BCUT2D eigenvalue weighted by Crippen LogP contribution is -2.13. The average molecular weight is 292 g/mol. The standard InChI is InChI=1S/C14H16N2O3S/c1-3-19-14-7-6-13(9-11(14)2)20(17,18)16-12-5-4-8-15-10-12/h4-10,16H,3H2,1-2H3. The first-order chi connectivity index (χ1) is 9.53. The first-order valence-electron chi connectivity index (χ1n) is 6.19. The fourth-order valence-electron chi connectivity index (χ4n) is 1.74. The van der Waals surface area contributed by atoms with Crippen molar-refractivity contribution in [3.63, 3.8) is 0 Å². The molecule has 0 fully saturated rings. The number of aromatic nitrogens is 1. The summed E-state index contributed by atoms with van der Waals surface area (Å²) in [4.78, 5) is 4.07. The minimum atomic E-state index is -3.61. The Kier molecular flexibility index (Phi) is 4.24. The van der Waals surface area contributed by atoms with Gasteiger partial charge in [-0.05, 0) is 49.7 Å². The third-order valence-electron chi connectivity index (χ3n) is 2.67. The molecule has 1 aromatic carbocycles. The molecule has 0 aliphatic heterocycles. The summed E-state index contributed by atoms with van der Waals surface area (Å²) in [5.74, 6) is 0.688. The first-order valence-corrected chi connectivity index (χ1v) is 7.67. The van der Waals surface area contributed by atoms with E-state index in [0.717, 1.165) is 5.56 Å². The number of nitrogens with zero attached hydrogens (tertiary/aromatic N) is 1. The molecule has 1 heterocycles. The number of rotatable bonds is 5. The summed E-state index contributed by atoms with van der Waals surface area (Å²) in [6.45, 7) is 4.24. The van der Waals surface area contributed by atoms with Crippen molar-refractivity contribution in [1.29, 1.82) is 0 Å². The Bertz CT molecular complexity index is 685. The number of anilines is 1. The zero-order valence-corrected chi connectivity index (χ0v) is 12.1. The topological polar surface area (TPSA) is 68.3 Å². The van der Waals surface area contributed by atoms with Crippen molar-refractivity contribution in [2.45, 2.75) is 18.7 Å². The molecule has 0 radical (unpaired) electrons. The van der Waals surface area contributed by atoms with Crippen LogP contribution in [0, 0.1) is 6.92 Å². The van der Waals surface area contributed by atoms with Crippen molar-refractivity contribution in [2.75, 3.05) is 11.3 Å². The van der Waals surface area contributed by atoms with E-state index in [-0.39, 0.29) is 4.90 Å². The van der Waals surface area contributed by atoms with E-state index in [9.17, 15) is 8.42 Å². The van der Waals surface area contributed by atoms with Crippen LogP contribution in [0.2, 0.25) is 0 Å². The molecular weight excluding hydrogens is 276 g/mol. The predicted molar refractivity (Wildman–Crippen MR) is 77.4 cm³/mol. The third-order valence-corrected chi connectivity index (χ3v) is 4.05. The molecule has 0 saturated heterocycles. The summed E-state index contributed by atoms with van der Waals surface area (Å²) in [6.07, 6.45) is 3.04. The van der Waals surface area contributed by atoms with Crippen LogP contribution in [0.4, 0.5) is 5.69 Å². The van der Waals surface area contributed by atoms with Crippen molar-refractivity contribution in [3.05, 3.63) is 48.3 Å². The Labute approximate surface area is 118 Å². The van der Waals surface area contributed by atoms with Gasteiger partial charge in [0.2, 0.25) is 0 Å². The minimum absolute atomic E-state index is 0.197. The van der Waals surface area contributed by atoms with Crippen molar-refractivity contribution in [1.82, 2.24) is 4.98 Å². The second-order valence-corrected chi connectivity index (χ2v) is 5.89. The second-order valence-electron chi connectivity index (χ2n) is 4.21. The number of hydrogen-bond donors (Lipinski definition) is 1. The van der Waals surface area contributed by atoms with Crippen LogP contribution in [0.1, 0.15) is 12.5 Å². The zero-order chi connectivity index (χ0) is 14.6. The number of pyridine rings is 1. The Morgan fingerprint density at radius 2 is 2.10 bits per heavy atom. The molecule has 0 saturated carbocycles. The van der Waals surface area contributed by atoms with Gasteiger partial charge in [0, 0.05) is 6.20 Å². The first kappa shape index (κ1) is 14.3. The molecular formula is C14H16N2O3S. The number of hydrogen-bond acceptors (Lipinski definition) is 4. The molecule has 0 atom stereocenters. The minimum Gasteiger partial charge on any atom is -0.494 e. The quantitative estimate of drug-likeness (QED) is 0.919. The number of aryl methyl sites for hydroxylation is 1. The van der Waals surface area contributed by atoms with Gasteiger partial charge in [0.25, 0.3) is 10.0 Å². The van der Waals surface area contributed by atoms with Crippen LogP contribution in [0.25, 0.3) is 0 Å². The molecule has 2 rings (SSSR count). The average Bonchev–Trinajstić information content (AvgIpc) is 2.42. The van der Waals surface area contributed by atoms with Crippen molar-refractivity contribution in [2.24, 2.45) is 0 Å². The maximum atomic E-state index is 12.2. The highest BCUT2D eigenvalue weighted by Gasteiger charge is 2.15. The van der Waals surface area contributed by atoms with E-state index in [4.69, 9.17) is 4.74 Å². The summed E-state index contributed by atoms with van der Waals surface area (Å²) in [6, 6.07) is 8.09. The molecule has 0 bridgehead atoms. The van der Waals surface area contributed by atoms with Gasteiger partial charge in [0.05, 0.1) is 23.4 Å². The summed E-state index contributed by atoms with van der Waals surface area (Å²) >= 11 is 0. The summed E-state index contributed by atoms with van der Waals surface area (Å²) in [5, 5.41) is 0. The highest BCUT2D eigenvalue weighted by atomic mass is 32.2. The number of benzene rings is 1. The smallest absolute Gasteiger partial charge is 0.261 e. The van der Waals surface area contributed by atoms with Crippen LogP contribution in [0.3, 0.4) is 0 Å². The number of nitrogens with one attached hydrogen (secondary N) is 1. The monoisotopic (exact) mass is 292 g/mol. The number of ether oxygens (including phenoxy) is 1. The van der Waals surface area contributed by atoms with E-state index in [2.05, 4.69) is 9.71 Å². The van der Waals surface area contributed by atoms with E-state index in [0.29, 0.717) is 18.0 Å². The fraction of sp³-hybridized carbons (Fsp3) is 0.214. The van der Waals surface area contributed by atoms with E-state index in [1.807, 2.05) is 13.8 Å². The Morgan fingerprint density at radius 1 is 1.30 bits per heavy atom. The molecule has 0 amide bonds. The zero-order valence-electron chi connectivity index (χ0n) is 11.3. The number of sulfonamides is 1. The van der Waals surface area contributed by atoms with Gasteiger partial charge in [-0.25, -0.2) is 8.42 Å². The molecule has 6 heteroatoms. The summed E-state index contributed by atoms with van der Waals surface area (Å²) in [7, 11) is -3.61. The van der Waals surface area contributed by atoms with Gasteiger partial charge in [-0.2, -0.15) is 0 Å². The summed E-state index contributed by atoms with van der Waals surface area (Å²) in [5.41, 5.74) is 1.21.